The number of hydrogen-bond acceptors (Lipinski definition) is 6. The van der Waals surface area contributed by atoms with Gasteiger partial charge in [0.15, 0.2) is 11.5 Å². The van der Waals surface area contributed by atoms with E-state index in [2.05, 4.69) is 10.6 Å². The van der Waals surface area contributed by atoms with Crippen molar-refractivity contribution >= 4 is 23.6 Å². The van der Waals surface area contributed by atoms with Crippen LogP contribution in [0.2, 0.25) is 0 Å². The number of allylic oxidation sites excluding steroid dienone is 1. The summed E-state index contributed by atoms with van der Waals surface area (Å²) in [6.07, 6.45) is 0.741. The summed E-state index contributed by atoms with van der Waals surface area (Å²) in [6, 6.07) is 10.9. The average molecular weight is 451 g/mol. The fraction of sp³-hybridized carbons (Fsp3) is 0.292. The van der Waals surface area contributed by atoms with Gasteiger partial charge in [0.1, 0.15) is 0 Å². The van der Waals surface area contributed by atoms with Crippen molar-refractivity contribution in [2.45, 2.75) is 26.3 Å². The van der Waals surface area contributed by atoms with Crippen LogP contribution in [-0.4, -0.2) is 43.3 Å². The van der Waals surface area contributed by atoms with Gasteiger partial charge in [-0.2, -0.15) is 0 Å². The molecule has 0 radical (unpaired) electrons. The van der Waals surface area contributed by atoms with Crippen LogP contribution in [0.5, 0.6) is 11.5 Å². The van der Waals surface area contributed by atoms with Gasteiger partial charge in [-0.15, -0.1) is 0 Å². The van der Waals surface area contributed by atoms with Crippen molar-refractivity contribution in [2.75, 3.05) is 25.8 Å². The molecule has 9 heteroatoms. The Bertz CT molecular complexity index is 1140. The second-order valence-corrected chi connectivity index (χ2v) is 7.67. The number of methoxy groups -OCH3 is 1. The van der Waals surface area contributed by atoms with Crippen LogP contribution >= 0.6 is 0 Å². The molecule has 0 spiro atoms. The summed E-state index contributed by atoms with van der Waals surface area (Å²) in [6.45, 7) is 4.30. The van der Waals surface area contributed by atoms with E-state index in [9.17, 15) is 14.4 Å². The minimum Gasteiger partial charge on any atom is -0.466 e. The largest absolute Gasteiger partial charge is 0.466 e. The quantitative estimate of drug-likeness (QED) is 0.650. The highest BCUT2D eigenvalue weighted by Crippen LogP contribution is 2.34. The molecule has 2 aromatic carbocycles. The van der Waals surface area contributed by atoms with E-state index in [0.717, 1.165) is 6.42 Å². The van der Waals surface area contributed by atoms with E-state index in [-0.39, 0.29) is 18.7 Å². The van der Waals surface area contributed by atoms with Crippen molar-refractivity contribution in [1.82, 2.24) is 10.2 Å². The number of rotatable bonds is 6. The molecule has 33 heavy (non-hydrogen) atoms. The summed E-state index contributed by atoms with van der Waals surface area (Å²) in [5.41, 5.74) is 2.47. The maximum absolute atomic E-state index is 12.8. The predicted molar refractivity (Wildman–Crippen MR) is 120 cm³/mol. The van der Waals surface area contributed by atoms with E-state index in [1.807, 2.05) is 6.92 Å². The molecule has 9 nitrogen and oxygen atoms in total. The third kappa shape index (κ3) is 4.34. The normalized spacial score (nSPS) is 17.0. The summed E-state index contributed by atoms with van der Waals surface area (Å²) >= 11 is 0. The Balaban J connectivity index is 1.61. The molecule has 2 heterocycles. The second-order valence-electron chi connectivity index (χ2n) is 7.67. The number of carbonyl (C=O) groups is 3. The number of nitrogens with zero attached hydrogens (tertiary/aromatic N) is 1. The lowest BCUT2D eigenvalue weighted by molar-refractivity contribution is -0.136. The monoisotopic (exact) mass is 451 g/mol. The fourth-order valence-electron chi connectivity index (χ4n) is 3.94. The molecule has 0 unspecified atom stereocenters. The minimum absolute atomic E-state index is 0.126. The highest BCUT2D eigenvalue weighted by molar-refractivity contribution is 6.04. The molecule has 0 aromatic heterocycles. The van der Waals surface area contributed by atoms with Gasteiger partial charge < -0.3 is 24.8 Å². The first-order valence-corrected chi connectivity index (χ1v) is 10.6. The number of hydrogen-bond donors (Lipinski definition) is 2. The van der Waals surface area contributed by atoms with Crippen LogP contribution in [-0.2, 0) is 9.53 Å². The summed E-state index contributed by atoms with van der Waals surface area (Å²) in [5, 5.41) is 5.74. The highest BCUT2D eigenvalue weighted by atomic mass is 16.7. The van der Waals surface area contributed by atoms with E-state index in [0.29, 0.717) is 46.1 Å². The molecule has 3 amide bonds. The van der Waals surface area contributed by atoms with E-state index in [1.165, 1.54) is 12.0 Å². The number of anilines is 1. The van der Waals surface area contributed by atoms with E-state index >= 15 is 0 Å². The van der Waals surface area contributed by atoms with Crippen molar-refractivity contribution in [2.24, 2.45) is 0 Å². The van der Waals surface area contributed by atoms with E-state index in [1.54, 1.807) is 49.4 Å². The SMILES string of the molecule is CCCN1C(=O)N[C@@H](c2cccc(NC(=O)c3ccc4c(c3)OCO4)c2)C(C(=O)OC)=C1C. The average Bonchev–Trinajstić information content (AvgIpc) is 3.29. The third-order valence-corrected chi connectivity index (χ3v) is 5.56. The van der Waals surface area contributed by atoms with Gasteiger partial charge in [0.25, 0.3) is 5.91 Å². The first kappa shape index (κ1) is 22.2. The molecule has 2 aliphatic rings. The molecule has 2 aromatic rings. The van der Waals surface area contributed by atoms with Gasteiger partial charge in [-0.3, -0.25) is 9.69 Å². The van der Waals surface area contributed by atoms with Crippen molar-refractivity contribution in [3.63, 3.8) is 0 Å². The smallest absolute Gasteiger partial charge is 0.337 e. The van der Waals surface area contributed by atoms with Gasteiger partial charge in [0, 0.05) is 23.5 Å². The molecule has 1 atom stereocenters. The second kappa shape index (κ2) is 9.23. The van der Waals surface area contributed by atoms with Crippen LogP contribution in [0.4, 0.5) is 10.5 Å². The summed E-state index contributed by atoms with van der Waals surface area (Å²) < 4.78 is 15.6. The molecule has 0 aliphatic carbocycles. The number of nitrogens with one attached hydrogen (secondary N) is 2. The molecular weight excluding hydrogens is 426 g/mol. The number of ether oxygens (including phenoxy) is 3. The zero-order chi connectivity index (χ0) is 23.5. The van der Waals surface area contributed by atoms with Crippen LogP contribution in [0, 0.1) is 0 Å². The van der Waals surface area contributed by atoms with Crippen LogP contribution in [0.25, 0.3) is 0 Å². The molecular formula is C24H25N3O6. The first-order valence-electron chi connectivity index (χ1n) is 10.6. The summed E-state index contributed by atoms with van der Waals surface area (Å²) in [4.78, 5) is 39.6. The van der Waals surface area contributed by atoms with Gasteiger partial charge >= 0.3 is 12.0 Å². The van der Waals surface area contributed by atoms with Crippen LogP contribution in [0.1, 0.15) is 42.2 Å². The number of benzene rings is 2. The van der Waals surface area contributed by atoms with Crippen LogP contribution in [0.3, 0.4) is 0 Å². The topological polar surface area (TPSA) is 106 Å². The zero-order valence-electron chi connectivity index (χ0n) is 18.6. The van der Waals surface area contributed by atoms with Gasteiger partial charge in [0.2, 0.25) is 6.79 Å². The number of urea groups is 1. The molecule has 2 aliphatic heterocycles. The fourth-order valence-corrected chi connectivity index (χ4v) is 3.94. The molecule has 0 saturated carbocycles. The van der Waals surface area contributed by atoms with E-state index in [4.69, 9.17) is 14.2 Å². The van der Waals surface area contributed by atoms with Crippen LogP contribution < -0.4 is 20.1 Å². The lowest BCUT2D eigenvalue weighted by atomic mass is 9.94. The van der Waals surface area contributed by atoms with Gasteiger partial charge in [0.05, 0.1) is 18.7 Å². The Kier molecular flexibility index (Phi) is 6.21. The minimum atomic E-state index is -0.708. The van der Waals surface area contributed by atoms with Crippen LogP contribution in [0.15, 0.2) is 53.7 Å². The summed E-state index contributed by atoms with van der Waals surface area (Å²) in [7, 11) is 1.31. The summed E-state index contributed by atoms with van der Waals surface area (Å²) in [5.74, 6) is 0.262. The molecule has 0 bridgehead atoms. The molecule has 0 fully saturated rings. The lowest BCUT2D eigenvalue weighted by Crippen LogP contribution is -2.48. The molecule has 0 saturated heterocycles. The van der Waals surface area contributed by atoms with Gasteiger partial charge in [-0.25, -0.2) is 9.59 Å². The highest BCUT2D eigenvalue weighted by Gasteiger charge is 2.36. The number of carbonyl (C=O) groups excluding carboxylic acids is 3. The number of amides is 3. The maximum Gasteiger partial charge on any atom is 0.337 e. The van der Waals surface area contributed by atoms with Gasteiger partial charge in [-0.1, -0.05) is 19.1 Å². The van der Waals surface area contributed by atoms with Gasteiger partial charge in [-0.05, 0) is 49.2 Å². The van der Waals surface area contributed by atoms with E-state index < -0.39 is 12.0 Å². The predicted octanol–water partition coefficient (Wildman–Crippen LogP) is 3.59. The Morgan fingerprint density at radius 3 is 2.73 bits per heavy atom. The molecule has 2 N–H and O–H groups in total. The molecule has 4 rings (SSSR count). The first-order chi connectivity index (χ1) is 15.9. The third-order valence-electron chi connectivity index (χ3n) is 5.56. The van der Waals surface area contributed by atoms with Crippen molar-refractivity contribution in [3.05, 3.63) is 64.9 Å². The van der Waals surface area contributed by atoms with Crippen molar-refractivity contribution in [1.29, 1.82) is 0 Å². The molecule has 172 valence electrons. The Morgan fingerprint density at radius 1 is 1.18 bits per heavy atom. The Hall–Kier alpha value is -4.01. The maximum atomic E-state index is 12.8. The standard InChI is InChI=1S/C24H25N3O6/c1-4-10-27-14(2)20(23(29)31-3)21(26-24(27)30)15-6-5-7-17(11-15)25-22(28)16-8-9-18-19(12-16)33-13-32-18/h5-9,11-12,21H,4,10,13H2,1-3H3,(H,25,28)(H,26,30)/t21-/m0/s1. The van der Waals surface area contributed by atoms with Crippen molar-refractivity contribution in [3.8, 4) is 11.5 Å². The number of fused-ring (bicyclic) bond motifs is 1. The Labute approximate surface area is 191 Å². The van der Waals surface area contributed by atoms with Crippen molar-refractivity contribution < 1.29 is 28.6 Å². The Morgan fingerprint density at radius 2 is 1.97 bits per heavy atom. The number of esters is 1. The lowest BCUT2D eigenvalue weighted by Gasteiger charge is -2.35. The zero-order valence-corrected chi connectivity index (χ0v) is 18.6.